The van der Waals surface area contributed by atoms with Gasteiger partial charge in [0.05, 0.1) is 10.5 Å². The summed E-state index contributed by atoms with van der Waals surface area (Å²) < 4.78 is 30.9. The molecule has 0 bridgehead atoms. The van der Waals surface area contributed by atoms with Crippen LogP contribution in [0.15, 0.2) is 46.3 Å². The summed E-state index contributed by atoms with van der Waals surface area (Å²) in [5.41, 5.74) is 5.17. The van der Waals surface area contributed by atoms with Crippen molar-refractivity contribution >= 4 is 15.7 Å². The maximum absolute atomic E-state index is 12.7. The van der Waals surface area contributed by atoms with E-state index in [1.54, 1.807) is 6.07 Å². The number of ether oxygens (including phenoxy) is 1. The Kier molecular flexibility index (Phi) is 5.48. The summed E-state index contributed by atoms with van der Waals surface area (Å²) in [4.78, 5) is 13.6. The Hall–Kier alpha value is -2.52. The second-order valence-electron chi connectivity index (χ2n) is 5.97. The summed E-state index contributed by atoms with van der Waals surface area (Å²) in [5, 5.41) is 7.31. The molecule has 1 fully saturated rings. The van der Waals surface area contributed by atoms with Crippen molar-refractivity contribution in [1.82, 2.24) is 15.1 Å². The second-order valence-corrected chi connectivity index (χ2v) is 7.84. The summed E-state index contributed by atoms with van der Waals surface area (Å²) in [6.45, 7) is 3.41. The normalized spacial score (nSPS) is 15.1. The minimum atomic E-state index is -4.00. The van der Waals surface area contributed by atoms with Crippen molar-refractivity contribution in [2.24, 2.45) is 5.73 Å². The Morgan fingerprint density at radius 1 is 1.12 bits per heavy atom. The van der Waals surface area contributed by atoms with E-state index in [4.69, 9.17) is 10.5 Å². The third-order valence-corrected chi connectivity index (χ3v) is 5.89. The highest BCUT2D eigenvalue weighted by Crippen LogP contribution is 2.23. The van der Waals surface area contributed by atoms with Crippen LogP contribution in [0.3, 0.4) is 0 Å². The summed E-state index contributed by atoms with van der Waals surface area (Å²) in [6, 6.07) is 8.50. The van der Waals surface area contributed by atoms with Gasteiger partial charge in [0.15, 0.2) is 5.03 Å². The number of hydrogen-bond donors (Lipinski definition) is 1. The molecule has 0 unspecified atom stereocenters. The van der Waals surface area contributed by atoms with E-state index in [1.165, 1.54) is 43.2 Å². The van der Waals surface area contributed by atoms with Crippen molar-refractivity contribution in [1.29, 1.82) is 0 Å². The van der Waals surface area contributed by atoms with Gasteiger partial charge >= 0.3 is 0 Å². The van der Waals surface area contributed by atoms with E-state index in [-0.39, 0.29) is 21.4 Å². The van der Waals surface area contributed by atoms with E-state index >= 15 is 0 Å². The molecule has 2 heterocycles. The molecule has 1 aliphatic rings. The van der Waals surface area contributed by atoms with E-state index in [9.17, 15) is 13.2 Å². The van der Waals surface area contributed by atoms with Gasteiger partial charge in [-0.25, -0.2) is 8.42 Å². The van der Waals surface area contributed by atoms with E-state index in [1.807, 2.05) is 0 Å². The minimum Gasteiger partial charge on any atom is -0.475 e. The SMILES string of the molecule is NC(=O)c1ccccc1S(=O)(=O)c1ccc(OCCN2CCCC2)nn1. The lowest BCUT2D eigenvalue weighted by atomic mass is 10.2. The third kappa shape index (κ3) is 4.00. The predicted octanol–water partition coefficient (Wildman–Crippen LogP) is 0.883. The first-order chi connectivity index (χ1) is 12.5. The smallest absolute Gasteiger partial charge is 0.250 e. The van der Waals surface area contributed by atoms with Gasteiger partial charge in [-0.3, -0.25) is 9.69 Å². The Balaban J connectivity index is 1.72. The van der Waals surface area contributed by atoms with Gasteiger partial charge in [-0.15, -0.1) is 10.2 Å². The largest absolute Gasteiger partial charge is 0.475 e. The lowest BCUT2D eigenvalue weighted by Gasteiger charge is -2.14. The van der Waals surface area contributed by atoms with Crippen molar-refractivity contribution in [3.8, 4) is 5.88 Å². The average molecular weight is 376 g/mol. The van der Waals surface area contributed by atoms with Gasteiger partial charge in [0, 0.05) is 12.6 Å². The van der Waals surface area contributed by atoms with Gasteiger partial charge in [0.2, 0.25) is 21.6 Å². The van der Waals surface area contributed by atoms with Crippen molar-refractivity contribution in [2.75, 3.05) is 26.2 Å². The van der Waals surface area contributed by atoms with Crippen molar-refractivity contribution in [2.45, 2.75) is 22.8 Å². The highest BCUT2D eigenvalue weighted by Gasteiger charge is 2.25. The number of nitrogens with two attached hydrogens (primary N) is 1. The number of primary amides is 1. The van der Waals surface area contributed by atoms with Crippen LogP contribution in [0.25, 0.3) is 0 Å². The monoisotopic (exact) mass is 376 g/mol. The fourth-order valence-corrected chi connectivity index (χ4v) is 4.17. The number of carbonyl (C=O) groups excluding carboxylic acids is 1. The average Bonchev–Trinajstić information content (AvgIpc) is 3.15. The first kappa shape index (κ1) is 18.3. The quantitative estimate of drug-likeness (QED) is 0.762. The number of rotatable bonds is 7. The second kappa shape index (κ2) is 7.79. The van der Waals surface area contributed by atoms with Crippen LogP contribution in [-0.2, 0) is 9.84 Å². The van der Waals surface area contributed by atoms with Gasteiger partial charge in [-0.2, -0.15) is 0 Å². The van der Waals surface area contributed by atoms with Crippen LogP contribution in [0.4, 0.5) is 0 Å². The number of nitrogens with zero attached hydrogens (tertiary/aromatic N) is 3. The number of amides is 1. The number of likely N-dealkylation sites (tertiary alicyclic amines) is 1. The standard InChI is InChI=1S/C17H20N4O4S/c18-17(22)13-5-1-2-6-14(13)26(23,24)16-8-7-15(19-20-16)25-12-11-21-9-3-4-10-21/h1-2,5-8H,3-4,9-12H2,(H2,18,22). The molecule has 1 amide bonds. The molecule has 1 aromatic carbocycles. The summed E-state index contributed by atoms with van der Waals surface area (Å²) in [5.74, 6) is -0.565. The van der Waals surface area contributed by atoms with Crippen LogP contribution in [0.2, 0.25) is 0 Å². The summed E-state index contributed by atoms with van der Waals surface area (Å²) in [7, 11) is -4.00. The first-order valence-electron chi connectivity index (χ1n) is 8.31. The van der Waals surface area contributed by atoms with Gasteiger partial charge in [0.25, 0.3) is 0 Å². The third-order valence-electron chi connectivity index (χ3n) is 4.19. The van der Waals surface area contributed by atoms with Crippen LogP contribution in [0, 0.1) is 0 Å². The maximum Gasteiger partial charge on any atom is 0.250 e. The van der Waals surface area contributed by atoms with Crippen LogP contribution in [0.5, 0.6) is 5.88 Å². The Bertz CT molecular complexity index is 878. The lowest BCUT2D eigenvalue weighted by molar-refractivity contribution is 0.0997. The van der Waals surface area contributed by atoms with Crippen molar-refractivity contribution < 1.29 is 17.9 Å². The Labute approximate surface area is 151 Å². The lowest BCUT2D eigenvalue weighted by Crippen LogP contribution is -2.25. The van der Waals surface area contributed by atoms with Crippen LogP contribution in [0.1, 0.15) is 23.2 Å². The van der Waals surface area contributed by atoms with E-state index in [0.717, 1.165) is 19.6 Å². The van der Waals surface area contributed by atoms with E-state index in [0.29, 0.717) is 6.61 Å². The molecule has 8 nitrogen and oxygen atoms in total. The highest BCUT2D eigenvalue weighted by molar-refractivity contribution is 7.91. The zero-order chi connectivity index (χ0) is 18.6. The number of hydrogen-bond acceptors (Lipinski definition) is 7. The maximum atomic E-state index is 12.7. The Morgan fingerprint density at radius 3 is 2.50 bits per heavy atom. The summed E-state index contributed by atoms with van der Waals surface area (Å²) in [6.07, 6.45) is 2.41. The molecule has 0 saturated carbocycles. The van der Waals surface area contributed by atoms with Gasteiger partial charge in [-0.1, -0.05) is 12.1 Å². The zero-order valence-corrected chi connectivity index (χ0v) is 15.0. The first-order valence-corrected chi connectivity index (χ1v) is 9.79. The van der Waals surface area contributed by atoms with Crippen molar-refractivity contribution in [3.63, 3.8) is 0 Å². The molecule has 0 aliphatic carbocycles. The summed E-state index contributed by atoms with van der Waals surface area (Å²) >= 11 is 0. The molecule has 3 rings (SSSR count). The molecular formula is C17H20N4O4S. The van der Waals surface area contributed by atoms with E-state index < -0.39 is 15.7 Å². The van der Waals surface area contributed by atoms with Crippen LogP contribution >= 0.6 is 0 Å². The fourth-order valence-electron chi connectivity index (χ4n) is 2.83. The molecule has 0 radical (unpaired) electrons. The number of benzene rings is 1. The Morgan fingerprint density at radius 2 is 1.85 bits per heavy atom. The number of aromatic nitrogens is 2. The molecule has 1 saturated heterocycles. The minimum absolute atomic E-state index is 0.0831. The molecular weight excluding hydrogens is 356 g/mol. The van der Waals surface area contributed by atoms with E-state index in [2.05, 4.69) is 15.1 Å². The molecule has 0 atom stereocenters. The fraction of sp³-hybridized carbons (Fsp3) is 0.353. The molecule has 2 aromatic rings. The van der Waals surface area contributed by atoms with Gasteiger partial charge in [0.1, 0.15) is 6.61 Å². The topological polar surface area (TPSA) is 115 Å². The van der Waals surface area contributed by atoms with Crippen LogP contribution in [-0.4, -0.2) is 55.7 Å². The predicted molar refractivity (Wildman–Crippen MR) is 93.6 cm³/mol. The molecule has 138 valence electrons. The number of carbonyl (C=O) groups is 1. The molecule has 26 heavy (non-hydrogen) atoms. The zero-order valence-electron chi connectivity index (χ0n) is 14.2. The van der Waals surface area contributed by atoms with Crippen molar-refractivity contribution in [3.05, 3.63) is 42.0 Å². The molecule has 9 heteroatoms. The number of sulfone groups is 1. The van der Waals surface area contributed by atoms with Gasteiger partial charge < -0.3 is 10.5 Å². The molecule has 2 N–H and O–H groups in total. The molecule has 1 aliphatic heterocycles. The molecule has 0 spiro atoms. The van der Waals surface area contributed by atoms with Gasteiger partial charge in [-0.05, 0) is 44.1 Å². The molecule has 1 aromatic heterocycles. The highest BCUT2D eigenvalue weighted by atomic mass is 32.2. The van der Waals surface area contributed by atoms with Crippen LogP contribution < -0.4 is 10.5 Å².